The quantitative estimate of drug-likeness (QED) is 0.368. The van der Waals surface area contributed by atoms with E-state index in [-0.39, 0.29) is 11.1 Å². The highest BCUT2D eigenvalue weighted by molar-refractivity contribution is 5.85. The van der Waals surface area contributed by atoms with Gasteiger partial charge in [0.1, 0.15) is 0 Å². The van der Waals surface area contributed by atoms with Crippen LogP contribution in [0.5, 0.6) is 0 Å². The number of aromatic amines is 2. The summed E-state index contributed by atoms with van der Waals surface area (Å²) in [5, 5.41) is 16.6. The second-order valence-corrected chi connectivity index (χ2v) is 9.17. The molecule has 8 nitrogen and oxygen atoms in total. The van der Waals surface area contributed by atoms with Crippen molar-refractivity contribution >= 4 is 21.5 Å². The molecule has 0 aliphatic heterocycles. The average Bonchev–Trinajstić information content (AvgIpc) is 2.93. The largest absolute Gasteiger partial charge is 0.272 e. The number of hydrogen-bond donors (Lipinski definition) is 2. The van der Waals surface area contributed by atoms with Gasteiger partial charge in [0.25, 0.3) is 11.1 Å². The number of hydrogen-bond acceptors (Lipinski definition) is 6. The summed E-state index contributed by atoms with van der Waals surface area (Å²) in [5.74, 6) is 0. The molecule has 0 spiro atoms. The van der Waals surface area contributed by atoms with Gasteiger partial charge in [0.2, 0.25) is 0 Å². The standard InChI is InChI=1S/2C15H13N3O/c1-10-4-5-12-13(7-10)14(17-18-15(12)19)8-11-3-2-6-16-9-11;1-10-4-5-12-13(7-10)15(19)18-17-14(12)8-11-3-2-6-16-9-11/h2*2-7,9H,8H2,1H3,(H,18,19). The topological polar surface area (TPSA) is 117 Å². The second kappa shape index (κ2) is 11.0. The van der Waals surface area contributed by atoms with Crippen molar-refractivity contribution in [2.45, 2.75) is 26.7 Å². The summed E-state index contributed by atoms with van der Waals surface area (Å²) < 4.78 is 0. The number of fused-ring (bicyclic) bond motifs is 2. The van der Waals surface area contributed by atoms with Crippen LogP contribution >= 0.6 is 0 Å². The molecule has 0 amide bonds. The Bertz CT molecular complexity index is 1830. The van der Waals surface area contributed by atoms with Gasteiger partial charge in [-0.25, -0.2) is 10.2 Å². The minimum atomic E-state index is -0.148. The molecular formula is C30H26N6O2. The van der Waals surface area contributed by atoms with Crippen LogP contribution in [-0.2, 0) is 12.8 Å². The Morgan fingerprint density at radius 1 is 0.605 bits per heavy atom. The van der Waals surface area contributed by atoms with E-state index in [0.29, 0.717) is 23.6 Å². The van der Waals surface area contributed by atoms with E-state index in [1.807, 2.05) is 86.9 Å². The number of H-pyrrole nitrogens is 2. The molecule has 4 heterocycles. The molecule has 0 aliphatic carbocycles. The monoisotopic (exact) mass is 502 g/mol. The van der Waals surface area contributed by atoms with E-state index in [0.717, 1.165) is 44.4 Å². The van der Waals surface area contributed by atoms with Crippen molar-refractivity contribution in [1.82, 2.24) is 30.4 Å². The van der Waals surface area contributed by atoms with E-state index in [2.05, 4.69) is 30.4 Å². The van der Waals surface area contributed by atoms with Gasteiger partial charge in [0, 0.05) is 48.4 Å². The predicted molar refractivity (Wildman–Crippen MR) is 148 cm³/mol. The SMILES string of the molecule is Cc1ccc2c(=O)[nH]nc(Cc3cccnc3)c2c1.Cc1ccc2c(Cc3cccnc3)n[nH]c(=O)c2c1. The first kappa shape index (κ1) is 24.7. The summed E-state index contributed by atoms with van der Waals surface area (Å²) in [6.45, 7) is 3.98. The molecule has 0 radical (unpaired) electrons. The van der Waals surface area contributed by atoms with Crippen LogP contribution in [0.25, 0.3) is 21.5 Å². The normalized spacial score (nSPS) is 10.8. The maximum Gasteiger partial charge on any atom is 0.272 e. The number of aryl methyl sites for hydroxylation is 2. The first-order valence-corrected chi connectivity index (χ1v) is 12.2. The molecular weight excluding hydrogens is 476 g/mol. The van der Waals surface area contributed by atoms with Gasteiger partial charge in [-0.2, -0.15) is 10.2 Å². The van der Waals surface area contributed by atoms with Crippen LogP contribution in [0.15, 0.2) is 95.0 Å². The van der Waals surface area contributed by atoms with E-state index in [1.54, 1.807) is 12.4 Å². The van der Waals surface area contributed by atoms with Crippen molar-refractivity contribution in [3.63, 3.8) is 0 Å². The van der Waals surface area contributed by atoms with Gasteiger partial charge in [-0.15, -0.1) is 0 Å². The van der Waals surface area contributed by atoms with Crippen LogP contribution in [0, 0.1) is 13.8 Å². The summed E-state index contributed by atoms with van der Waals surface area (Å²) in [6.07, 6.45) is 8.42. The number of pyridine rings is 2. The molecule has 38 heavy (non-hydrogen) atoms. The first-order valence-electron chi connectivity index (χ1n) is 12.2. The molecule has 4 aromatic heterocycles. The smallest absolute Gasteiger partial charge is 0.267 e. The highest BCUT2D eigenvalue weighted by Gasteiger charge is 2.09. The Hall–Kier alpha value is -4.98. The highest BCUT2D eigenvalue weighted by Crippen LogP contribution is 2.18. The van der Waals surface area contributed by atoms with Gasteiger partial charge in [0.05, 0.1) is 22.2 Å². The molecule has 6 aromatic rings. The van der Waals surface area contributed by atoms with Crippen molar-refractivity contribution in [2.75, 3.05) is 0 Å². The number of nitrogens with zero attached hydrogens (tertiary/aromatic N) is 4. The minimum absolute atomic E-state index is 0.145. The predicted octanol–water partition coefficient (Wildman–Crippen LogP) is 4.43. The van der Waals surface area contributed by atoms with Gasteiger partial charge >= 0.3 is 0 Å². The summed E-state index contributed by atoms with van der Waals surface area (Å²) in [5.41, 5.74) is 5.77. The fraction of sp³-hybridized carbons (Fsp3) is 0.133. The van der Waals surface area contributed by atoms with E-state index in [4.69, 9.17) is 0 Å². The Balaban J connectivity index is 0.000000155. The molecule has 2 aromatic carbocycles. The number of rotatable bonds is 4. The summed E-state index contributed by atoms with van der Waals surface area (Å²) in [6, 6.07) is 19.4. The van der Waals surface area contributed by atoms with Crippen LogP contribution in [-0.4, -0.2) is 30.4 Å². The molecule has 0 atom stereocenters. The molecule has 0 aliphatic rings. The van der Waals surface area contributed by atoms with Crippen LogP contribution < -0.4 is 11.1 Å². The summed E-state index contributed by atoms with van der Waals surface area (Å²) >= 11 is 0. The van der Waals surface area contributed by atoms with Crippen molar-refractivity contribution in [2.24, 2.45) is 0 Å². The highest BCUT2D eigenvalue weighted by atomic mass is 16.1. The lowest BCUT2D eigenvalue weighted by Gasteiger charge is -2.05. The minimum Gasteiger partial charge on any atom is -0.267 e. The summed E-state index contributed by atoms with van der Waals surface area (Å²) in [7, 11) is 0. The third-order valence-electron chi connectivity index (χ3n) is 6.23. The van der Waals surface area contributed by atoms with Crippen molar-refractivity contribution in [3.05, 3.63) is 140 Å². The molecule has 6 rings (SSSR count). The molecule has 0 bridgehead atoms. The molecule has 2 N–H and O–H groups in total. The maximum absolute atomic E-state index is 11.8. The lowest BCUT2D eigenvalue weighted by Crippen LogP contribution is -2.11. The Morgan fingerprint density at radius 2 is 1.11 bits per heavy atom. The van der Waals surface area contributed by atoms with E-state index in [9.17, 15) is 9.59 Å². The zero-order chi connectivity index (χ0) is 26.5. The molecule has 8 heteroatoms. The fourth-order valence-electron chi connectivity index (χ4n) is 4.33. The van der Waals surface area contributed by atoms with Crippen molar-refractivity contribution in [1.29, 1.82) is 0 Å². The van der Waals surface area contributed by atoms with Gasteiger partial charge in [0.15, 0.2) is 0 Å². The van der Waals surface area contributed by atoms with Gasteiger partial charge < -0.3 is 0 Å². The second-order valence-electron chi connectivity index (χ2n) is 9.17. The first-order chi connectivity index (χ1) is 18.5. The van der Waals surface area contributed by atoms with E-state index >= 15 is 0 Å². The molecule has 0 saturated carbocycles. The lowest BCUT2D eigenvalue weighted by atomic mass is 10.0. The van der Waals surface area contributed by atoms with Crippen molar-refractivity contribution in [3.8, 4) is 0 Å². The van der Waals surface area contributed by atoms with Gasteiger partial charge in [-0.1, -0.05) is 41.5 Å². The van der Waals surface area contributed by atoms with E-state index < -0.39 is 0 Å². The van der Waals surface area contributed by atoms with Crippen LogP contribution in [0.1, 0.15) is 33.6 Å². The third-order valence-corrected chi connectivity index (χ3v) is 6.23. The zero-order valence-electron chi connectivity index (χ0n) is 21.1. The Morgan fingerprint density at radius 3 is 1.66 bits per heavy atom. The van der Waals surface area contributed by atoms with Gasteiger partial charge in [-0.05, 0) is 55.3 Å². The summed E-state index contributed by atoms with van der Waals surface area (Å²) in [4.78, 5) is 31.8. The number of benzene rings is 2. The fourth-order valence-corrected chi connectivity index (χ4v) is 4.33. The van der Waals surface area contributed by atoms with E-state index in [1.165, 1.54) is 0 Å². The van der Waals surface area contributed by atoms with Gasteiger partial charge in [-0.3, -0.25) is 19.6 Å². The molecule has 0 saturated heterocycles. The number of nitrogens with one attached hydrogen (secondary N) is 2. The Labute approximate surface area is 218 Å². The average molecular weight is 503 g/mol. The Kier molecular flexibility index (Phi) is 7.13. The van der Waals surface area contributed by atoms with Crippen LogP contribution in [0.4, 0.5) is 0 Å². The molecule has 188 valence electrons. The zero-order valence-corrected chi connectivity index (χ0v) is 21.1. The van der Waals surface area contributed by atoms with Crippen molar-refractivity contribution < 1.29 is 0 Å². The van der Waals surface area contributed by atoms with Crippen LogP contribution in [0.3, 0.4) is 0 Å². The maximum atomic E-state index is 11.8. The third kappa shape index (κ3) is 5.54. The molecule has 0 unspecified atom stereocenters. The molecule has 0 fully saturated rings. The van der Waals surface area contributed by atoms with Crippen LogP contribution in [0.2, 0.25) is 0 Å². The lowest BCUT2D eigenvalue weighted by molar-refractivity contribution is 0.931. The number of aromatic nitrogens is 6.